The van der Waals surface area contributed by atoms with E-state index in [2.05, 4.69) is 15.6 Å². The highest BCUT2D eigenvalue weighted by Gasteiger charge is 2.40. The molecular weight excluding hydrogens is 208 g/mol. The summed E-state index contributed by atoms with van der Waals surface area (Å²) in [5.41, 5.74) is 0.0301. The van der Waals surface area contributed by atoms with Crippen LogP contribution in [0.15, 0.2) is 6.20 Å². The van der Waals surface area contributed by atoms with Crippen LogP contribution in [0.4, 0.5) is 0 Å². The zero-order chi connectivity index (χ0) is 11.6. The maximum absolute atomic E-state index is 11.4. The number of aryl methyl sites for hydroxylation is 1. The molecule has 1 aliphatic rings. The molecule has 88 valence electrons. The van der Waals surface area contributed by atoms with E-state index in [0.717, 1.165) is 18.7 Å². The van der Waals surface area contributed by atoms with Crippen LogP contribution < -0.4 is 5.32 Å². The number of rotatable bonds is 3. The van der Waals surface area contributed by atoms with E-state index in [0.29, 0.717) is 19.4 Å². The van der Waals surface area contributed by atoms with E-state index in [1.165, 1.54) is 0 Å². The number of carboxylic acid groups (broad SMARTS) is 1. The molecule has 0 spiro atoms. The lowest BCUT2D eigenvalue weighted by atomic mass is 9.77. The van der Waals surface area contributed by atoms with E-state index in [1.807, 2.05) is 0 Å². The SMILES string of the molecule is Cn1cc(CC2(C(=O)O)CCCNC2)nn1. The molecule has 6 nitrogen and oxygen atoms in total. The largest absolute Gasteiger partial charge is 0.481 e. The van der Waals surface area contributed by atoms with E-state index in [-0.39, 0.29) is 0 Å². The van der Waals surface area contributed by atoms with Crippen molar-refractivity contribution in [3.8, 4) is 0 Å². The van der Waals surface area contributed by atoms with Crippen molar-refractivity contribution < 1.29 is 9.90 Å². The standard InChI is InChI=1S/C10H16N4O2/c1-14-6-8(12-13-14)5-10(9(15)16)3-2-4-11-7-10/h6,11H,2-5,7H2,1H3,(H,15,16). The molecule has 16 heavy (non-hydrogen) atoms. The molecule has 0 amide bonds. The number of hydrogen-bond donors (Lipinski definition) is 2. The summed E-state index contributed by atoms with van der Waals surface area (Å²) >= 11 is 0. The highest BCUT2D eigenvalue weighted by molar-refractivity contribution is 5.75. The first-order valence-corrected chi connectivity index (χ1v) is 5.42. The fraction of sp³-hybridized carbons (Fsp3) is 0.700. The Balaban J connectivity index is 2.16. The van der Waals surface area contributed by atoms with Gasteiger partial charge in [0.05, 0.1) is 11.1 Å². The van der Waals surface area contributed by atoms with Gasteiger partial charge in [-0.25, -0.2) is 0 Å². The topological polar surface area (TPSA) is 80.0 Å². The molecule has 0 saturated carbocycles. The van der Waals surface area contributed by atoms with E-state index in [9.17, 15) is 9.90 Å². The molecule has 1 saturated heterocycles. The van der Waals surface area contributed by atoms with Crippen molar-refractivity contribution in [1.29, 1.82) is 0 Å². The minimum absolute atomic E-state index is 0.448. The van der Waals surface area contributed by atoms with Crippen molar-refractivity contribution in [3.63, 3.8) is 0 Å². The molecule has 1 fully saturated rings. The van der Waals surface area contributed by atoms with E-state index < -0.39 is 11.4 Å². The van der Waals surface area contributed by atoms with Gasteiger partial charge in [0, 0.05) is 26.2 Å². The molecule has 2 rings (SSSR count). The van der Waals surface area contributed by atoms with Crippen LogP contribution in [0.1, 0.15) is 18.5 Å². The van der Waals surface area contributed by atoms with Gasteiger partial charge >= 0.3 is 5.97 Å². The highest BCUT2D eigenvalue weighted by Crippen LogP contribution is 2.30. The molecule has 1 aromatic rings. The molecule has 0 radical (unpaired) electrons. The molecule has 6 heteroatoms. The molecule has 2 N–H and O–H groups in total. The molecule has 1 aromatic heterocycles. The number of aromatic nitrogens is 3. The minimum Gasteiger partial charge on any atom is -0.481 e. The first-order chi connectivity index (χ1) is 7.62. The van der Waals surface area contributed by atoms with Crippen molar-refractivity contribution in [2.75, 3.05) is 13.1 Å². The van der Waals surface area contributed by atoms with Gasteiger partial charge in [-0.1, -0.05) is 5.21 Å². The van der Waals surface area contributed by atoms with Crippen molar-refractivity contribution >= 4 is 5.97 Å². The second-order valence-corrected chi connectivity index (χ2v) is 4.43. The predicted octanol–water partition coefficient (Wildman–Crippen LogP) is -0.188. The quantitative estimate of drug-likeness (QED) is 0.744. The van der Waals surface area contributed by atoms with E-state index in [4.69, 9.17) is 0 Å². The van der Waals surface area contributed by atoms with Crippen LogP contribution in [0.25, 0.3) is 0 Å². The third-order valence-electron chi connectivity index (χ3n) is 3.10. The maximum atomic E-state index is 11.4. The van der Waals surface area contributed by atoms with Gasteiger partial charge in [0.25, 0.3) is 0 Å². The fourth-order valence-electron chi connectivity index (χ4n) is 2.20. The van der Waals surface area contributed by atoms with Crippen LogP contribution in [0.5, 0.6) is 0 Å². The van der Waals surface area contributed by atoms with Gasteiger partial charge in [0.2, 0.25) is 0 Å². The van der Waals surface area contributed by atoms with Gasteiger partial charge in [0.15, 0.2) is 0 Å². The predicted molar refractivity (Wildman–Crippen MR) is 56.9 cm³/mol. The Bertz CT molecular complexity index is 382. The van der Waals surface area contributed by atoms with Crippen LogP contribution in [0, 0.1) is 5.41 Å². The van der Waals surface area contributed by atoms with E-state index >= 15 is 0 Å². The Morgan fingerprint density at radius 2 is 2.56 bits per heavy atom. The zero-order valence-corrected chi connectivity index (χ0v) is 9.31. The number of piperidine rings is 1. The van der Waals surface area contributed by atoms with Crippen LogP contribution in [-0.2, 0) is 18.3 Å². The lowest BCUT2D eigenvalue weighted by Gasteiger charge is -2.32. The van der Waals surface area contributed by atoms with Crippen LogP contribution in [0.3, 0.4) is 0 Å². The second-order valence-electron chi connectivity index (χ2n) is 4.43. The summed E-state index contributed by atoms with van der Waals surface area (Å²) in [6.45, 7) is 1.41. The number of carbonyl (C=O) groups is 1. The molecular formula is C10H16N4O2. The summed E-state index contributed by atoms with van der Waals surface area (Å²) in [6.07, 6.45) is 3.82. The minimum atomic E-state index is -0.745. The monoisotopic (exact) mass is 224 g/mol. The molecule has 0 aliphatic carbocycles. The van der Waals surface area contributed by atoms with Gasteiger partial charge < -0.3 is 10.4 Å². The van der Waals surface area contributed by atoms with Gasteiger partial charge in [-0.3, -0.25) is 9.48 Å². The maximum Gasteiger partial charge on any atom is 0.311 e. The number of nitrogens with zero attached hydrogens (tertiary/aromatic N) is 3. The van der Waals surface area contributed by atoms with Crippen molar-refractivity contribution in [1.82, 2.24) is 20.3 Å². The molecule has 1 aliphatic heterocycles. The molecule has 0 bridgehead atoms. The molecule has 0 aromatic carbocycles. The van der Waals surface area contributed by atoms with Gasteiger partial charge in [0.1, 0.15) is 0 Å². The average molecular weight is 224 g/mol. The van der Waals surface area contributed by atoms with Gasteiger partial charge in [-0.2, -0.15) is 0 Å². The normalized spacial score (nSPS) is 25.6. The highest BCUT2D eigenvalue weighted by atomic mass is 16.4. The van der Waals surface area contributed by atoms with Crippen molar-refractivity contribution in [3.05, 3.63) is 11.9 Å². The lowest BCUT2D eigenvalue weighted by molar-refractivity contribution is -0.150. The third-order valence-corrected chi connectivity index (χ3v) is 3.10. The molecule has 1 unspecified atom stereocenters. The second kappa shape index (κ2) is 4.21. The lowest BCUT2D eigenvalue weighted by Crippen LogP contribution is -2.47. The van der Waals surface area contributed by atoms with Gasteiger partial charge in [-0.05, 0) is 19.4 Å². The van der Waals surface area contributed by atoms with Crippen LogP contribution >= 0.6 is 0 Å². The molecule has 1 atom stereocenters. The Morgan fingerprint density at radius 3 is 3.06 bits per heavy atom. The van der Waals surface area contributed by atoms with Crippen molar-refractivity contribution in [2.45, 2.75) is 19.3 Å². The summed E-state index contributed by atoms with van der Waals surface area (Å²) in [5, 5.41) is 20.3. The number of hydrogen-bond acceptors (Lipinski definition) is 4. The van der Waals surface area contributed by atoms with E-state index in [1.54, 1.807) is 17.9 Å². The first-order valence-electron chi connectivity index (χ1n) is 5.42. The summed E-state index contributed by atoms with van der Waals surface area (Å²) in [4.78, 5) is 11.4. The van der Waals surface area contributed by atoms with Crippen molar-refractivity contribution in [2.24, 2.45) is 12.5 Å². The summed E-state index contributed by atoms with van der Waals surface area (Å²) < 4.78 is 1.60. The third kappa shape index (κ3) is 2.06. The first kappa shape index (κ1) is 11.1. The summed E-state index contributed by atoms with van der Waals surface area (Å²) in [7, 11) is 1.78. The number of nitrogens with one attached hydrogen (secondary N) is 1. The van der Waals surface area contributed by atoms with Crippen LogP contribution in [0.2, 0.25) is 0 Å². The molecule has 2 heterocycles. The number of aliphatic carboxylic acids is 1. The Morgan fingerprint density at radius 1 is 1.75 bits per heavy atom. The Kier molecular flexibility index (Phi) is 2.91. The summed E-state index contributed by atoms with van der Waals surface area (Å²) in [5.74, 6) is -0.745. The summed E-state index contributed by atoms with van der Waals surface area (Å²) in [6, 6.07) is 0. The Hall–Kier alpha value is -1.43. The van der Waals surface area contributed by atoms with Gasteiger partial charge in [-0.15, -0.1) is 5.10 Å². The van der Waals surface area contributed by atoms with Crippen LogP contribution in [-0.4, -0.2) is 39.2 Å². The fourth-order valence-corrected chi connectivity index (χ4v) is 2.20. The average Bonchev–Trinajstić information content (AvgIpc) is 2.65. The number of carboxylic acids is 1. The Labute approximate surface area is 93.6 Å². The zero-order valence-electron chi connectivity index (χ0n) is 9.31. The smallest absolute Gasteiger partial charge is 0.311 e.